The average Bonchev–Trinajstić information content (AvgIpc) is 2.98. The summed E-state index contributed by atoms with van der Waals surface area (Å²) < 4.78 is 5.57. The minimum Gasteiger partial charge on any atom is -0.372 e. The van der Waals surface area contributed by atoms with Crippen molar-refractivity contribution in [3.63, 3.8) is 0 Å². The van der Waals surface area contributed by atoms with Crippen molar-refractivity contribution in [3.05, 3.63) is 38.4 Å². The molecule has 0 bridgehead atoms. The predicted octanol–water partition coefficient (Wildman–Crippen LogP) is 3.23. The molecule has 0 saturated carbocycles. The summed E-state index contributed by atoms with van der Waals surface area (Å²) in [5.41, 5.74) is 2.75. The monoisotopic (exact) mass is 386 g/mol. The second kappa shape index (κ2) is 7.97. The van der Waals surface area contributed by atoms with Crippen LogP contribution in [0.4, 0.5) is 17.1 Å². The Kier molecular flexibility index (Phi) is 5.99. The molecular formula is C13H15BrN4O5. The van der Waals surface area contributed by atoms with Crippen LogP contribution in [0.2, 0.25) is 0 Å². The summed E-state index contributed by atoms with van der Waals surface area (Å²) >= 11 is 3.36. The Morgan fingerprint density at radius 2 is 2.13 bits per heavy atom. The number of rotatable bonds is 7. The highest BCUT2D eigenvalue weighted by atomic mass is 79.9. The third-order valence-electron chi connectivity index (χ3n) is 3.33. The van der Waals surface area contributed by atoms with Gasteiger partial charge >= 0.3 is 5.69 Å². The molecule has 1 saturated heterocycles. The minimum absolute atomic E-state index is 0.108. The van der Waals surface area contributed by atoms with Crippen molar-refractivity contribution in [2.75, 3.05) is 17.4 Å². The Morgan fingerprint density at radius 3 is 2.78 bits per heavy atom. The highest BCUT2D eigenvalue weighted by Crippen LogP contribution is 2.29. The highest BCUT2D eigenvalue weighted by Gasteiger charge is 2.22. The number of benzene rings is 1. The highest BCUT2D eigenvalue weighted by molar-refractivity contribution is 9.09. The Hall–Kier alpha value is -2.07. The maximum absolute atomic E-state index is 11.0. The Morgan fingerprint density at radius 1 is 1.35 bits per heavy atom. The van der Waals surface area contributed by atoms with Gasteiger partial charge in [-0.3, -0.25) is 25.7 Å². The molecule has 0 unspecified atom stereocenters. The lowest BCUT2D eigenvalue weighted by molar-refractivity contribution is -0.393. The Labute approximate surface area is 140 Å². The number of hydrazone groups is 1. The number of hydrogen-bond donors (Lipinski definition) is 1. The van der Waals surface area contributed by atoms with Crippen LogP contribution in [0.25, 0.3) is 0 Å². The third kappa shape index (κ3) is 4.70. The zero-order chi connectivity index (χ0) is 16.8. The van der Waals surface area contributed by atoms with Gasteiger partial charge in [-0.2, -0.15) is 5.10 Å². The number of halogens is 1. The summed E-state index contributed by atoms with van der Waals surface area (Å²) in [5.74, 6) is 0. The number of hydrogen-bond acceptors (Lipinski definition) is 7. The number of anilines is 1. The number of nitro benzene ring substituents is 2. The van der Waals surface area contributed by atoms with E-state index in [-0.39, 0.29) is 17.5 Å². The second-order valence-electron chi connectivity index (χ2n) is 4.97. The van der Waals surface area contributed by atoms with E-state index in [4.69, 9.17) is 4.74 Å². The first kappa shape index (κ1) is 17.3. The van der Waals surface area contributed by atoms with E-state index in [1.165, 1.54) is 12.1 Å². The van der Waals surface area contributed by atoms with Crippen molar-refractivity contribution in [3.8, 4) is 0 Å². The summed E-state index contributed by atoms with van der Waals surface area (Å²) in [5, 5.41) is 26.8. The van der Waals surface area contributed by atoms with Gasteiger partial charge in [-0.1, -0.05) is 15.9 Å². The average molecular weight is 387 g/mol. The maximum Gasteiger partial charge on any atom is 0.301 e. The summed E-state index contributed by atoms with van der Waals surface area (Å²) in [7, 11) is 0. The van der Waals surface area contributed by atoms with Gasteiger partial charge in [-0.15, -0.1) is 0 Å². The molecule has 1 fully saturated rings. The topological polar surface area (TPSA) is 120 Å². The van der Waals surface area contributed by atoms with E-state index >= 15 is 0 Å². The first-order chi connectivity index (χ1) is 11.0. The second-order valence-corrected chi connectivity index (χ2v) is 5.77. The molecule has 1 N–H and O–H groups in total. The summed E-state index contributed by atoms with van der Waals surface area (Å²) in [4.78, 5) is 20.4. The van der Waals surface area contributed by atoms with Gasteiger partial charge in [-0.05, 0) is 18.9 Å². The number of nitrogens with zero attached hydrogens (tertiary/aromatic N) is 3. The smallest absolute Gasteiger partial charge is 0.301 e. The van der Waals surface area contributed by atoms with Crippen molar-refractivity contribution in [1.82, 2.24) is 0 Å². The molecule has 1 aromatic rings. The van der Waals surface area contributed by atoms with Crippen molar-refractivity contribution in [2.45, 2.75) is 25.4 Å². The third-order valence-corrected chi connectivity index (χ3v) is 3.89. The Balaban J connectivity index is 2.07. The SMILES string of the molecule is O=[N+]([O-])c1ccc(N/N=C2/CO[C@H](CCCBr)C2)c([N+](=O)[O-])c1. The molecule has 1 aliphatic rings. The normalized spacial score (nSPS) is 19.0. The van der Waals surface area contributed by atoms with Crippen LogP contribution in [-0.4, -0.2) is 33.6 Å². The van der Waals surface area contributed by atoms with E-state index in [0.29, 0.717) is 13.0 Å². The predicted molar refractivity (Wildman–Crippen MR) is 88.2 cm³/mol. The Bertz CT molecular complexity index is 637. The molecule has 0 spiro atoms. The van der Waals surface area contributed by atoms with E-state index in [9.17, 15) is 20.2 Å². The number of ether oxygens (including phenoxy) is 1. The van der Waals surface area contributed by atoms with Crippen molar-refractivity contribution >= 4 is 38.7 Å². The molecule has 9 nitrogen and oxygen atoms in total. The van der Waals surface area contributed by atoms with Crippen LogP contribution in [0.15, 0.2) is 23.3 Å². The van der Waals surface area contributed by atoms with Gasteiger partial charge in [0.15, 0.2) is 0 Å². The van der Waals surface area contributed by atoms with E-state index in [1.807, 2.05) is 0 Å². The zero-order valence-electron chi connectivity index (χ0n) is 12.1. The van der Waals surface area contributed by atoms with E-state index < -0.39 is 15.5 Å². The molecule has 1 aliphatic heterocycles. The fourth-order valence-electron chi connectivity index (χ4n) is 2.18. The molecule has 10 heteroatoms. The van der Waals surface area contributed by atoms with Gasteiger partial charge in [-0.25, -0.2) is 0 Å². The van der Waals surface area contributed by atoms with Gasteiger partial charge in [0.25, 0.3) is 5.69 Å². The molecule has 124 valence electrons. The van der Waals surface area contributed by atoms with Gasteiger partial charge in [0, 0.05) is 17.8 Å². The molecule has 0 aromatic heterocycles. The molecular weight excluding hydrogens is 372 g/mol. The van der Waals surface area contributed by atoms with E-state index in [2.05, 4.69) is 26.5 Å². The lowest BCUT2D eigenvalue weighted by atomic mass is 10.1. The van der Waals surface area contributed by atoms with Crippen molar-refractivity contribution in [1.29, 1.82) is 0 Å². The quantitative estimate of drug-likeness (QED) is 0.436. The molecule has 1 heterocycles. The first-order valence-corrected chi connectivity index (χ1v) is 8.05. The fourth-order valence-corrected chi connectivity index (χ4v) is 2.51. The molecule has 1 aromatic carbocycles. The number of nitrogens with one attached hydrogen (secondary N) is 1. The zero-order valence-corrected chi connectivity index (χ0v) is 13.7. The van der Waals surface area contributed by atoms with Crippen LogP contribution >= 0.6 is 15.9 Å². The summed E-state index contributed by atoms with van der Waals surface area (Å²) in [6.07, 6.45) is 2.70. The fraction of sp³-hybridized carbons (Fsp3) is 0.462. The molecule has 0 radical (unpaired) electrons. The lowest BCUT2D eigenvalue weighted by Crippen LogP contribution is -2.05. The first-order valence-electron chi connectivity index (χ1n) is 6.93. The van der Waals surface area contributed by atoms with Crippen LogP contribution in [0.1, 0.15) is 19.3 Å². The molecule has 0 aliphatic carbocycles. The maximum atomic E-state index is 11.0. The van der Waals surface area contributed by atoms with Crippen LogP contribution in [-0.2, 0) is 4.74 Å². The summed E-state index contributed by atoms with van der Waals surface area (Å²) in [6, 6.07) is 3.38. The van der Waals surface area contributed by atoms with E-state index in [1.54, 1.807) is 0 Å². The lowest BCUT2D eigenvalue weighted by Gasteiger charge is -2.05. The van der Waals surface area contributed by atoms with E-state index in [0.717, 1.165) is 29.9 Å². The van der Waals surface area contributed by atoms with Gasteiger partial charge in [0.1, 0.15) is 5.69 Å². The number of non-ortho nitro benzene ring substituents is 1. The molecule has 1 atom stereocenters. The van der Waals surface area contributed by atoms with Gasteiger partial charge in [0.05, 0.1) is 34.3 Å². The molecule has 0 amide bonds. The van der Waals surface area contributed by atoms with Gasteiger partial charge < -0.3 is 4.74 Å². The molecule has 2 rings (SSSR count). The minimum atomic E-state index is -0.681. The number of nitro groups is 2. The van der Waals surface area contributed by atoms with Gasteiger partial charge in [0.2, 0.25) is 0 Å². The van der Waals surface area contributed by atoms with Crippen LogP contribution in [0, 0.1) is 20.2 Å². The molecule has 23 heavy (non-hydrogen) atoms. The van der Waals surface area contributed by atoms with Crippen molar-refractivity contribution in [2.24, 2.45) is 5.10 Å². The number of alkyl halides is 1. The van der Waals surface area contributed by atoms with Crippen LogP contribution in [0.3, 0.4) is 0 Å². The summed E-state index contributed by atoms with van der Waals surface area (Å²) in [6.45, 7) is 0.376. The van der Waals surface area contributed by atoms with Crippen LogP contribution < -0.4 is 5.43 Å². The largest absolute Gasteiger partial charge is 0.372 e. The standard InChI is InChI=1S/C13H15BrN4O5/c14-5-1-2-11-6-9(8-23-11)15-16-12-4-3-10(17(19)20)7-13(12)18(21)22/h3-4,7,11,16H,1-2,5-6,8H2/b15-9+/t11-/m1/s1. The van der Waals surface area contributed by atoms with Crippen LogP contribution in [0.5, 0.6) is 0 Å². The van der Waals surface area contributed by atoms with Crippen molar-refractivity contribution < 1.29 is 14.6 Å².